The van der Waals surface area contributed by atoms with Crippen LogP contribution in [-0.4, -0.2) is 9.55 Å². The first kappa shape index (κ1) is 26.0. The molecule has 0 spiro atoms. The number of nitrogens with zero attached hydrogens (tertiary/aromatic N) is 2. The lowest BCUT2D eigenvalue weighted by Gasteiger charge is -2.18. The summed E-state index contributed by atoms with van der Waals surface area (Å²) in [6.45, 7) is 0. The van der Waals surface area contributed by atoms with E-state index in [-0.39, 0.29) is 0 Å². The van der Waals surface area contributed by atoms with Crippen LogP contribution in [0.25, 0.3) is 93.3 Å². The fourth-order valence-corrected chi connectivity index (χ4v) is 7.63. The lowest BCUT2D eigenvalue weighted by Crippen LogP contribution is -1.94. The molecule has 0 aliphatic heterocycles. The molecule has 0 aliphatic carbocycles. The van der Waals surface area contributed by atoms with Crippen LogP contribution >= 0.6 is 0 Å². The second kappa shape index (κ2) is 10.1. The monoisotopic (exact) mass is 596 g/mol. The number of fused-ring (bicyclic) bond motifs is 3. The average molecular weight is 597 g/mol. The highest BCUT2D eigenvalue weighted by Gasteiger charge is 2.18. The first-order valence-electron chi connectivity index (χ1n) is 16.1. The summed E-state index contributed by atoms with van der Waals surface area (Å²) in [6, 6.07) is 59.6. The standard InChI is InChI=1S/C45H28N2/c1-2-8-29(9-3-1)30-15-17-31(18-16-30)39-28-40(37-26-22-34-11-6-10-33-21-25-36(39)44(37)43(33)34)32-19-23-35(24-20-32)47-41-13-5-4-12-38(41)45-42(47)14-7-27-46-45/h1-28H. The molecule has 47 heavy (non-hydrogen) atoms. The Kier molecular flexibility index (Phi) is 5.61. The summed E-state index contributed by atoms with van der Waals surface area (Å²) in [5.41, 5.74) is 11.8. The minimum atomic E-state index is 1.03. The van der Waals surface area contributed by atoms with E-state index in [9.17, 15) is 0 Å². The number of hydrogen-bond donors (Lipinski definition) is 0. The van der Waals surface area contributed by atoms with Gasteiger partial charge in [0, 0.05) is 17.3 Å². The number of rotatable bonds is 4. The van der Waals surface area contributed by atoms with Crippen molar-refractivity contribution in [2.75, 3.05) is 0 Å². The molecule has 218 valence electrons. The van der Waals surface area contributed by atoms with Crippen molar-refractivity contribution in [2.24, 2.45) is 0 Å². The summed E-state index contributed by atoms with van der Waals surface area (Å²) in [7, 11) is 0. The van der Waals surface area contributed by atoms with E-state index in [1.165, 1.54) is 71.1 Å². The molecule has 0 radical (unpaired) electrons. The number of benzene rings is 8. The first-order chi connectivity index (χ1) is 23.3. The molecule has 2 nitrogen and oxygen atoms in total. The molecule has 2 heteroatoms. The molecular formula is C45H28N2. The van der Waals surface area contributed by atoms with Crippen molar-refractivity contribution < 1.29 is 0 Å². The molecule has 8 aromatic carbocycles. The zero-order valence-corrected chi connectivity index (χ0v) is 25.6. The maximum absolute atomic E-state index is 4.74. The van der Waals surface area contributed by atoms with Crippen molar-refractivity contribution in [1.82, 2.24) is 9.55 Å². The van der Waals surface area contributed by atoms with Crippen molar-refractivity contribution in [3.63, 3.8) is 0 Å². The summed E-state index contributed by atoms with van der Waals surface area (Å²) in [6.07, 6.45) is 1.88. The van der Waals surface area contributed by atoms with Gasteiger partial charge in [0.2, 0.25) is 0 Å². The Labute approximate surface area is 272 Å². The zero-order valence-electron chi connectivity index (χ0n) is 25.6. The molecule has 0 saturated carbocycles. The van der Waals surface area contributed by atoms with Crippen LogP contribution in [0.2, 0.25) is 0 Å². The topological polar surface area (TPSA) is 17.8 Å². The van der Waals surface area contributed by atoms with Gasteiger partial charge in [0.1, 0.15) is 0 Å². The molecule has 0 saturated heterocycles. The van der Waals surface area contributed by atoms with Gasteiger partial charge in [-0.1, -0.05) is 127 Å². The summed E-state index contributed by atoms with van der Waals surface area (Å²) < 4.78 is 2.32. The molecule has 0 N–H and O–H groups in total. The van der Waals surface area contributed by atoms with Crippen LogP contribution in [-0.2, 0) is 0 Å². The maximum atomic E-state index is 4.74. The van der Waals surface area contributed by atoms with E-state index in [4.69, 9.17) is 4.98 Å². The van der Waals surface area contributed by atoms with Gasteiger partial charge in [0.25, 0.3) is 0 Å². The van der Waals surface area contributed by atoms with Gasteiger partial charge in [-0.05, 0) is 102 Å². The number of hydrogen-bond acceptors (Lipinski definition) is 1. The Balaban J connectivity index is 1.19. The molecule has 0 fully saturated rings. The van der Waals surface area contributed by atoms with Gasteiger partial charge in [-0.2, -0.15) is 0 Å². The molecule has 2 heterocycles. The van der Waals surface area contributed by atoms with Crippen LogP contribution in [0.1, 0.15) is 0 Å². The predicted octanol–water partition coefficient (Wildman–Crippen LogP) is 12.1. The lowest BCUT2D eigenvalue weighted by atomic mass is 9.85. The van der Waals surface area contributed by atoms with Crippen molar-refractivity contribution >= 4 is 54.3 Å². The molecule has 0 bridgehead atoms. The Morgan fingerprint density at radius 3 is 1.70 bits per heavy atom. The van der Waals surface area contributed by atoms with E-state index < -0.39 is 0 Å². The van der Waals surface area contributed by atoms with Crippen molar-refractivity contribution in [3.05, 3.63) is 170 Å². The van der Waals surface area contributed by atoms with Crippen LogP contribution < -0.4 is 0 Å². The average Bonchev–Trinajstić information content (AvgIpc) is 3.49. The highest BCUT2D eigenvalue weighted by Crippen LogP contribution is 2.44. The fourth-order valence-electron chi connectivity index (χ4n) is 7.63. The molecule has 0 atom stereocenters. The Bertz CT molecular complexity index is 2680. The zero-order chi connectivity index (χ0) is 30.9. The third kappa shape index (κ3) is 3.95. The van der Waals surface area contributed by atoms with E-state index in [0.717, 1.165) is 22.2 Å². The van der Waals surface area contributed by atoms with Gasteiger partial charge in [-0.3, -0.25) is 4.98 Å². The van der Waals surface area contributed by atoms with E-state index in [0.29, 0.717) is 0 Å². The van der Waals surface area contributed by atoms with E-state index in [1.807, 2.05) is 12.3 Å². The Hall–Kier alpha value is -6.25. The summed E-state index contributed by atoms with van der Waals surface area (Å²) >= 11 is 0. The van der Waals surface area contributed by atoms with E-state index in [2.05, 4.69) is 162 Å². The number of para-hydroxylation sites is 1. The second-order valence-corrected chi connectivity index (χ2v) is 12.4. The molecule has 10 rings (SSSR count). The molecular weight excluding hydrogens is 569 g/mol. The molecule has 0 amide bonds. The third-order valence-electron chi connectivity index (χ3n) is 9.81. The number of pyridine rings is 1. The predicted molar refractivity (Wildman–Crippen MR) is 199 cm³/mol. The fraction of sp³-hybridized carbons (Fsp3) is 0. The molecule has 2 aromatic heterocycles. The van der Waals surface area contributed by atoms with Gasteiger partial charge >= 0.3 is 0 Å². The van der Waals surface area contributed by atoms with Gasteiger partial charge in [-0.25, -0.2) is 0 Å². The minimum Gasteiger partial charge on any atom is -0.308 e. The summed E-state index contributed by atoms with van der Waals surface area (Å²) in [4.78, 5) is 4.74. The molecule has 10 aromatic rings. The van der Waals surface area contributed by atoms with Crippen LogP contribution in [0.4, 0.5) is 0 Å². The number of aromatic nitrogens is 2. The van der Waals surface area contributed by atoms with E-state index in [1.54, 1.807) is 0 Å². The van der Waals surface area contributed by atoms with Gasteiger partial charge in [0.05, 0.1) is 16.6 Å². The van der Waals surface area contributed by atoms with Crippen LogP contribution in [0, 0.1) is 0 Å². The SMILES string of the molecule is c1ccc(-c2ccc(-c3cc(-c4ccc(-n5c6ccccc6c6ncccc65)cc4)c4ccc5cccc6ccc3c4c65)cc2)cc1. The highest BCUT2D eigenvalue weighted by molar-refractivity contribution is 6.28. The van der Waals surface area contributed by atoms with Crippen LogP contribution in [0.15, 0.2) is 170 Å². The van der Waals surface area contributed by atoms with Crippen molar-refractivity contribution in [1.29, 1.82) is 0 Å². The smallest absolute Gasteiger partial charge is 0.0963 e. The summed E-state index contributed by atoms with van der Waals surface area (Å²) in [5.74, 6) is 0. The van der Waals surface area contributed by atoms with Crippen LogP contribution in [0.3, 0.4) is 0 Å². The Morgan fingerprint density at radius 1 is 0.383 bits per heavy atom. The van der Waals surface area contributed by atoms with Crippen LogP contribution in [0.5, 0.6) is 0 Å². The largest absolute Gasteiger partial charge is 0.308 e. The quantitative estimate of drug-likeness (QED) is 0.185. The first-order valence-corrected chi connectivity index (χ1v) is 16.1. The minimum absolute atomic E-state index is 1.03. The summed E-state index contributed by atoms with van der Waals surface area (Å²) in [5, 5.41) is 8.95. The highest BCUT2D eigenvalue weighted by atomic mass is 15.0. The Morgan fingerprint density at radius 2 is 0.979 bits per heavy atom. The van der Waals surface area contributed by atoms with E-state index >= 15 is 0 Å². The van der Waals surface area contributed by atoms with Gasteiger partial charge < -0.3 is 4.57 Å². The third-order valence-corrected chi connectivity index (χ3v) is 9.81. The lowest BCUT2D eigenvalue weighted by molar-refractivity contribution is 1.18. The molecule has 0 unspecified atom stereocenters. The van der Waals surface area contributed by atoms with Crippen molar-refractivity contribution in [3.8, 4) is 39.1 Å². The van der Waals surface area contributed by atoms with Gasteiger partial charge in [0.15, 0.2) is 0 Å². The van der Waals surface area contributed by atoms with Gasteiger partial charge in [-0.15, -0.1) is 0 Å². The molecule has 0 aliphatic rings. The van der Waals surface area contributed by atoms with Crippen molar-refractivity contribution in [2.45, 2.75) is 0 Å². The second-order valence-electron chi connectivity index (χ2n) is 12.4. The normalized spacial score (nSPS) is 11.8. The maximum Gasteiger partial charge on any atom is 0.0963 e.